The van der Waals surface area contributed by atoms with E-state index >= 15 is 0 Å². The molecule has 0 fully saturated rings. The maximum atomic E-state index is 5.58. The molecular formula is C18H32IN3O2. The van der Waals surface area contributed by atoms with Crippen molar-refractivity contribution in [1.29, 1.82) is 0 Å². The lowest BCUT2D eigenvalue weighted by Gasteiger charge is -2.12. The molecule has 1 aromatic rings. The number of nitrogens with one attached hydrogen (secondary N) is 2. The van der Waals surface area contributed by atoms with Crippen LogP contribution in [0.2, 0.25) is 0 Å². The molecule has 1 aromatic carbocycles. The van der Waals surface area contributed by atoms with Crippen LogP contribution in [0.5, 0.6) is 5.75 Å². The Balaban J connectivity index is 0.00000529. The van der Waals surface area contributed by atoms with Crippen molar-refractivity contribution < 1.29 is 9.47 Å². The van der Waals surface area contributed by atoms with E-state index < -0.39 is 0 Å². The fourth-order valence-corrected chi connectivity index (χ4v) is 2.00. The molecule has 0 bridgehead atoms. The van der Waals surface area contributed by atoms with Gasteiger partial charge in [-0.2, -0.15) is 0 Å². The van der Waals surface area contributed by atoms with E-state index in [9.17, 15) is 0 Å². The smallest absolute Gasteiger partial charge is 0.191 e. The zero-order valence-corrected chi connectivity index (χ0v) is 17.6. The third kappa shape index (κ3) is 10.7. The van der Waals surface area contributed by atoms with Crippen molar-refractivity contribution in [2.45, 2.75) is 26.7 Å². The van der Waals surface area contributed by atoms with Gasteiger partial charge in [0.05, 0.1) is 13.7 Å². The van der Waals surface area contributed by atoms with Crippen molar-refractivity contribution in [3.63, 3.8) is 0 Å². The Morgan fingerprint density at radius 1 is 1.08 bits per heavy atom. The molecule has 6 heteroatoms. The van der Waals surface area contributed by atoms with Crippen LogP contribution in [-0.2, 0) is 11.2 Å². The Morgan fingerprint density at radius 3 is 2.33 bits per heavy atom. The van der Waals surface area contributed by atoms with Crippen LogP contribution in [0.15, 0.2) is 29.3 Å². The van der Waals surface area contributed by atoms with Gasteiger partial charge in [0, 0.05) is 26.7 Å². The molecule has 0 spiro atoms. The Kier molecular flexibility index (Phi) is 13.7. The summed E-state index contributed by atoms with van der Waals surface area (Å²) in [4.78, 5) is 4.21. The monoisotopic (exact) mass is 449 g/mol. The number of benzene rings is 1. The first-order valence-electron chi connectivity index (χ1n) is 8.31. The van der Waals surface area contributed by atoms with Crippen molar-refractivity contribution in [1.82, 2.24) is 10.6 Å². The first kappa shape index (κ1) is 23.0. The molecule has 0 aliphatic carbocycles. The minimum atomic E-state index is 0. The number of hydrogen-bond acceptors (Lipinski definition) is 3. The summed E-state index contributed by atoms with van der Waals surface area (Å²) in [5, 5.41) is 6.56. The van der Waals surface area contributed by atoms with Crippen LogP contribution in [-0.4, -0.2) is 46.4 Å². The second-order valence-electron chi connectivity index (χ2n) is 5.82. The van der Waals surface area contributed by atoms with E-state index in [0.717, 1.165) is 44.2 Å². The van der Waals surface area contributed by atoms with E-state index in [1.807, 2.05) is 12.1 Å². The lowest BCUT2D eigenvalue weighted by atomic mass is 10.1. The molecule has 0 saturated heterocycles. The van der Waals surface area contributed by atoms with Gasteiger partial charge < -0.3 is 20.1 Å². The molecule has 0 amide bonds. The van der Waals surface area contributed by atoms with Gasteiger partial charge in [0.25, 0.3) is 0 Å². The summed E-state index contributed by atoms with van der Waals surface area (Å²) in [6.07, 6.45) is 2.05. The van der Waals surface area contributed by atoms with Crippen molar-refractivity contribution in [2.75, 3.05) is 40.5 Å². The summed E-state index contributed by atoms with van der Waals surface area (Å²) >= 11 is 0. The highest BCUT2D eigenvalue weighted by molar-refractivity contribution is 14.0. The number of aliphatic imine (C=N–C) groups is 1. The molecule has 0 aliphatic rings. The SMILES string of the molecule is CN=C(NCCOCCC(C)C)NCCc1ccc(OC)cc1.I. The minimum absolute atomic E-state index is 0. The van der Waals surface area contributed by atoms with E-state index in [-0.39, 0.29) is 24.0 Å². The number of nitrogens with zero attached hydrogens (tertiary/aromatic N) is 1. The molecule has 1 rings (SSSR count). The highest BCUT2D eigenvalue weighted by atomic mass is 127. The molecule has 0 saturated carbocycles. The molecule has 138 valence electrons. The number of hydrogen-bond donors (Lipinski definition) is 2. The van der Waals surface area contributed by atoms with Crippen molar-refractivity contribution >= 4 is 29.9 Å². The quantitative estimate of drug-likeness (QED) is 0.250. The van der Waals surface area contributed by atoms with Gasteiger partial charge in [-0.3, -0.25) is 4.99 Å². The largest absolute Gasteiger partial charge is 0.497 e. The Bertz CT molecular complexity index is 450. The Morgan fingerprint density at radius 2 is 1.75 bits per heavy atom. The third-order valence-electron chi connectivity index (χ3n) is 3.47. The van der Waals surface area contributed by atoms with E-state index in [1.54, 1.807) is 14.2 Å². The second kappa shape index (κ2) is 14.3. The van der Waals surface area contributed by atoms with Crippen LogP contribution in [0.1, 0.15) is 25.8 Å². The van der Waals surface area contributed by atoms with Gasteiger partial charge in [0.1, 0.15) is 5.75 Å². The Labute approximate surface area is 163 Å². The number of ether oxygens (including phenoxy) is 2. The number of rotatable bonds is 10. The molecule has 2 N–H and O–H groups in total. The summed E-state index contributed by atoms with van der Waals surface area (Å²) in [7, 11) is 3.46. The van der Waals surface area contributed by atoms with Crippen LogP contribution in [0, 0.1) is 5.92 Å². The predicted octanol–water partition coefficient (Wildman–Crippen LogP) is 3.08. The highest BCUT2D eigenvalue weighted by Gasteiger charge is 1.99. The molecule has 0 aliphatic heterocycles. The minimum Gasteiger partial charge on any atom is -0.497 e. The molecule has 0 radical (unpaired) electrons. The van der Waals surface area contributed by atoms with Crippen molar-refractivity contribution in [3.05, 3.63) is 29.8 Å². The Hall–Kier alpha value is -1.02. The zero-order valence-electron chi connectivity index (χ0n) is 15.3. The van der Waals surface area contributed by atoms with Gasteiger partial charge in [-0.1, -0.05) is 26.0 Å². The number of guanidine groups is 1. The average molecular weight is 449 g/mol. The van der Waals surface area contributed by atoms with Crippen molar-refractivity contribution in [3.8, 4) is 5.75 Å². The molecule has 0 unspecified atom stereocenters. The molecule has 5 nitrogen and oxygen atoms in total. The maximum Gasteiger partial charge on any atom is 0.191 e. The standard InChI is InChI=1S/C18H31N3O2.HI/c1-15(2)10-13-23-14-12-21-18(19-3)20-11-9-16-5-7-17(22-4)8-6-16;/h5-8,15H,9-14H2,1-4H3,(H2,19,20,21);1H. The summed E-state index contributed by atoms with van der Waals surface area (Å²) in [5.41, 5.74) is 1.27. The molecule has 0 heterocycles. The highest BCUT2D eigenvalue weighted by Crippen LogP contribution is 2.11. The van der Waals surface area contributed by atoms with Gasteiger partial charge in [-0.25, -0.2) is 0 Å². The predicted molar refractivity (Wildman–Crippen MR) is 112 cm³/mol. The van der Waals surface area contributed by atoms with Crippen LogP contribution in [0.4, 0.5) is 0 Å². The summed E-state index contributed by atoms with van der Waals surface area (Å²) in [6.45, 7) is 7.53. The fraction of sp³-hybridized carbons (Fsp3) is 0.611. The van der Waals surface area contributed by atoms with Gasteiger partial charge in [0.15, 0.2) is 5.96 Å². The third-order valence-corrected chi connectivity index (χ3v) is 3.47. The van der Waals surface area contributed by atoms with Crippen LogP contribution in [0.25, 0.3) is 0 Å². The van der Waals surface area contributed by atoms with Crippen LogP contribution < -0.4 is 15.4 Å². The maximum absolute atomic E-state index is 5.58. The summed E-state index contributed by atoms with van der Waals surface area (Å²) in [5.74, 6) is 2.39. The van der Waals surface area contributed by atoms with Gasteiger partial charge in [-0.15, -0.1) is 24.0 Å². The van der Waals surface area contributed by atoms with Gasteiger partial charge in [0.2, 0.25) is 0 Å². The van der Waals surface area contributed by atoms with Crippen molar-refractivity contribution in [2.24, 2.45) is 10.9 Å². The van der Waals surface area contributed by atoms with E-state index in [2.05, 4.69) is 41.6 Å². The fourth-order valence-electron chi connectivity index (χ4n) is 2.00. The van der Waals surface area contributed by atoms with Crippen LogP contribution in [0.3, 0.4) is 0 Å². The zero-order chi connectivity index (χ0) is 16.9. The first-order valence-corrected chi connectivity index (χ1v) is 8.31. The summed E-state index contributed by atoms with van der Waals surface area (Å²) in [6, 6.07) is 8.13. The lowest BCUT2D eigenvalue weighted by Crippen LogP contribution is -2.39. The topological polar surface area (TPSA) is 54.9 Å². The number of methoxy groups -OCH3 is 1. The molecular weight excluding hydrogens is 417 g/mol. The normalized spacial score (nSPS) is 11.1. The lowest BCUT2D eigenvalue weighted by molar-refractivity contribution is 0.128. The van der Waals surface area contributed by atoms with Gasteiger partial charge >= 0.3 is 0 Å². The summed E-state index contributed by atoms with van der Waals surface area (Å²) < 4.78 is 10.7. The van der Waals surface area contributed by atoms with E-state index in [1.165, 1.54) is 5.56 Å². The number of halogens is 1. The molecule has 0 atom stereocenters. The van der Waals surface area contributed by atoms with E-state index in [0.29, 0.717) is 12.5 Å². The molecule has 0 aromatic heterocycles. The second-order valence-corrected chi connectivity index (χ2v) is 5.82. The molecule has 24 heavy (non-hydrogen) atoms. The van der Waals surface area contributed by atoms with E-state index in [4.69, 9.17) is 9.47 Å². The average Bonchev–Trinajstić information content (AvgIpc) is 2.56. The first-order chi connectivity index (χ1) is 11.2. The van der Waals surface area contributed by atoms with Gasteiger partial charge in [-0.05, 0) is 36.5 Å². The van der Waals surface area contributed by atoms with Crippen LogP contribution >= 0.6 is 24.0 Å².